The molecule has 0 unspecified atom stereocenters. The Morgan fingerprint density at radius 1 is 1.40 bits per heavy atom. The van der Waals surface area contributed by atoms with E-state index in [1.165, 1.54) is 30.3 Å². The minimum Gasteiger partial charge on any atom is -0.478 e. The van der Waals surface area contributed by atoms with Crippen molar-refractivity contribution in [3.8, 4) is 0 Å². The highest BCUT2D eigenvalue weighted by Gasteiger charge is 2.20. The van der Waals surface area contributed by atoms with Gasteiger partial charge < -0.3 is 5.11 Å². The molecule has 2 aromatic heterocycles. The zero-order chi connectivity index (χ0) is 14.1. The molecule has 5 heteroatoms. The van der Waals surface area contributed by atoms with Gasteiger partial charge in [-0.25, -0.2) is 4.79 Å². The molecule has 20 heavy (non-hydrogen) atoms. The first-order valence-corrected chi connectivity index (χ1v) is 6.86. The average molecular weight is 271 g/mol. The molecule has 0 saturated heterocycles. The first-order valence-electron chi connectivity index (χ1n) is 6.86. The van der Waals surface area contributed by atoms with Gasteiger partial charge in [0.2, 0.25) is 0 Å². The van der Waals surface area contributed by atoms with Gasteiger partial charge in [0.25, 0.3) is 0 Å². The molecule has 2 heterocycles. The summed E-state index contributed by atoms with van der Waals surface area (Å²) >= 11 is 0. The number of aromatic nitrogens is 3. The van der Waals surface area contributed by atoms with Crippen LogP contribution in [0.2, 0.25) is 0 Å². The van der Waals surface area contributed by atoms with Crippen LogP contribution in [0.25, 0.3) is 0 Å². The number of fused-ring (bicyclic) bond motifs is 1. The lowest BCUT2D eigenvalue weighted by Crippen LogP contribution is -2.07. The second kappa shape index (κ2) is 5.07. The molecule has 0 atom stereocenters. The minimum absolute atomic E-state index is 0.315. The number of aryl methyl sites for hydroxylation is 1. The van der Waals surface area contributed by atoms with Crippen LogP contribution in [0.5, 0.6) is 0 Å². The highest BCUT2D eigenvalue weighted by atomic mass is 16.4. The van der Waals surface area contributed by atoms with E-state index in [9.17, 15) is 9.90 Å². The number of hydrogen-bond donors (Lipinski definition) is 1. The van der Waals surface area contributed by atoms with Gasteiger partial charge in [-0.3, -0.25) is 9.67 Å². The highest BCUT2D eigenvalue weighted by molar-refractivity contribution is 5.89. The molecule has 3 rings (SSSR count). The van der Waals surface area contributed by atoms with Crippen molar-refractivity contribution in [1.29, 1.82) is 0 Å². The van der Waals surface area contributed by atoms with Crippen LogP contribution in [0, 0.1) is 0 Å². The summed E-state index contributed by atoms with van der Waals surface area (Å²) in [5.74, 6) is -0.910. The Morgan fingerprint density at radius 2 is 2.20 bits per heavy atom. The summed E-state index contributed by atoms with van der Waals surface area (Å²) in [5, 5.41) is 13.8. The second-order valence-electron chi connectivity index (χ2n) is 5.22. The number of nitrogens with zero attached hydrogens (tertiary/aromatic N) is 3. The van der Waals surface area contributed by atoms with Gasteiger partial charge in [-0.15, -0.1) is 0 Å². The van der Waals surface area contributed by atoms with Crippen molar-refractivity contribution < 1.29 is 9.90 Å². The maximum Gasteiger partial charge on any atom is 0.336 e. The van der Waals surface area contributed by atoms with E-state index in [-0.39, 0.29) is 0 Å². The topological polar surface area (TPSA) is 68.0 Å². The number of hydrogen-bond acceptors (Lipinski definition) is 3. The zero-order valence-corrected chi connectivity index (χ0v) is 11.5. The van der Waals surface area contributed by atoms with Crippen LogP contribution in [0.3, 0.4) is 0 Å². The van der Waals surface area contributed by atoms with Crippen LogP contribution in [-0.2, 0) is 26.3 Å². The fraction of sp³-hybridized carbons (Fsp3) is 0.400. The Morgan fingerprint density at radius 3 is 3.00 bits per heavy atom. The summed E-state index contributed by atoms with van der Waals surface area (Å²) < 4.78 is 1.95. The van der Waals surface area contributed by atoms with E-state index >= 15 is 0 Å². The fourth-order valence-corrected chi connectivity index (χ4v) is 2.96. The molecule has 0 aromatic carbocycles. The van der Waals surface area contributed by atoms with Crippen LogP contribution < -0.4 is 0 Å². The molecular formula is C15H17N3O2. The predicted octanol–water partition coefficient (Wildman–Crippen LogP) is 1.98. The quantitative estimate of drug-likeness (QED) is 0.927. The van der Waals surface area contributed by atoms with E-state index in [1.54, 1.807) is 12.3 Å². The standard InChI is InChI=1S/C15H17N3O2/c1-18-14-5-3-2-4-12(14)13(17-18)8-10-9-16-7-6-11(10)15(19)20/h6-7,9H,2-5,8H2,1H3,(H,19,20). The summed E-state index contributed by atoms with van der Waals surface area (Å²) in [6.07, 6.45) is 8.19. The molecule has 1 N–H and O–H groups in total. The molecule has 5 nitrogen and oxygen atoms in total. The lowest BCUT2D eigenvalue weighted by molar-refractivity contribution is 0.0695. The predicted molar refractivity (Wildman–Crippen MR) is 73.9 cm³/mol. The van der Waals surface area contributed by atoms with Crippen molar-refractivity contribution in [2.75, 3.05) is 0 Å². The van der Waals surface area contributed by atoms with E-state index in [1.807, 2.05) is 11.7 Å². The maximum atomic E-state index is 11.3. The van der Waals surface area contributed by atoms with Crippen molar-refractivity contribution >= 4 is 5.97 Å². The number of carboxylic acids is 1. The smallest absolute Gasteiger partial charge is 0.336 e. The number of aromatic carboxylic acids is 1. The third kappa shape index (κ3) is 2.19. The van der Waals surface area contributed by atoms with Gasteiger partial charge in [0.1, 0.15) is 0 Å². The van der Waals surface area contributed by atoms with Crippen molar-refractivity contribution in [2.45, 2.75) is 32.1 Å². The molecule has 1 aliphatic rings. The van der Waals surface area contributed by atoms with Gasteiger partial charge >= 0.3 is 5.97 Å². The van der Waals surface area contributed by atoms with Gasteiger partial charge in [-0.2, -0.15) is 5.10 Å². The molecule has 104 valence electrons. The first kappa shape index (κ1) is 12.8. The molecule has 0 aliphatic heterocycles. The number of carbonyl (C=O) groups is 1. The van der Waals surface area contributed by atoms with E-state index in [4.69, 9.17) is 0 Å². The summed E-state index contributed by atoms with van der Waals surface area (Å²) in [4.78, 5) is 15.3. The van der Waals surface area contributed by atoms with Crippen LogP contribution in [0.4, 0.5) is 0 Å². The van der Waals surface area contributed by atoms with Crippen molar-refractivity contribution in [1.82, 2.24) is 14.8 Å². The summed E-state index contributed by atoms with van der Waals surface area (Å²) in [6.45, 7) is 0. The maximum absolute atomic E-state index is 11.3. The van der Waals surface area contributed by atoms with E-state index in [0.717, 1.165) is 24.1 Å². The van der Waals surface area contributed by atoms with Crippen molar-refractivity contribution in [3.05, 3.63) is 46.5 Å². The SMILES string of the molecule is Cn1nc(Cc2cnccc2C(=O)O)c2c1CCCC2. The lowest BCUT2D eigenvalue weighted by Gasteiger charge is -2.12. The molecular weight excluding hydrogens is 254 g/mol. The number of rotatable bonds is 3. The fourth-order valence-electron chi connectivity index (χ4n) is 2.96. The molecule has 0 radical (unpaired) electrons. The van der Waals surface area contributed by atoms with E-state index < -0.39 is 5.97 Å². The van der Waals surface area contributed by atoms with E-state index in [2.05, 4.69) is 10.1 Å². The lowest BCUT2D eigenvalue weighted by atomic mass is 9.93. The van der Waals surface area contributed by atoms with Gasteiger partial charge in [-0.05, 0) is 42.9 Å². The Kier molecular flexibility index (Phi) is 3.26. The second-order valence-corrected chi connectivity index (χ2v) is 5.22. The van der Waals surface area contributed by atoms with Gasteiger partial charge in [-0.1, -0.05) is 0 Å². The number of pyridine rings is 1. The average Bonchev–Trinajstić information content (AvgIpc) is 2.76. The summed E-state index contributed by atoms with van der Waals surface area (Å²) in [5.41, 5.74) is 4.64. The Labute approximate surface area is 117 Å². The van der Waals surface area contributed by atoms with E-state index in [0.29, 0.717) is 12.0 Å². The third-order valence-electron chi connectivity index (χ3n) is 3.94. The zero-order valence-electron chi connectivity index (χ0n) is 11.5. The molecule has 0 bridgehead atoms. The Bertz CT molecular complexity index is 661. The van der Waals surface area contributed by atoms with Crippen LogP contribution in [0.15, 0.2) is 18.5 Å². The van der Waals surface area contributed by atoms with Crippen LogP contribution in [0.1, 0.15) is 45.7 Å². The number of carboxylic acid groups (broad SMARTS) is 1. The minimum atomic E-state index is -0.910. The molecule has 2 aromatic rings. The first-order chi connectivity index (χ1) is 9.66. The molecule has 1 aliphatic carbocycles. The molecule has 0 saturated carbocycles. The summed E-state index contributed by atoms with van der Waals surface area (Å²) in [7, 11) is 1.97. The summed E-state index contributed by atoms with van der Waals surface area (Å²) in [6, 6.07) is 1.55. The molecule has 0 spiro atoms. The third-order valence-corrected chi connectivity index (χ3v) is 3.94. The Hall–Kier alpha value is -2.17. The Balaban J connectivity index is 1.98. The monoisotopic (exact) mass is 271 g/mol. The van der Waals surface area contributed by atoms with Crippen LogP contribution in [-0.4, -0.2) is 25.8 Å². The highest BCUT2D eigenvalue weighted by Crippen LogP contribution is 2.26. The van der Waals surface area contributed by atoms with Crippen LogP contribution >= 0.6 is 0 Å². The molecule has 0 fully saturated rings. The van der Waals surface area contributed by atoms with Gasteiger partial charge in [0, 0.05) is 31.6 Å². The van der Waals surface area contributed by atoms with Gasteiger partial charge in [0.05, 0.1) is 11.3 Å². The van der Waals surface area contributed by atoms with Crippen molar-refractivity contribution in [2.24, 2.45) is 7.05 Å². The van der Waals surface area contributed by atoms with Crippen molar-refractivity contribution in [3.63, 3.8) is 0 Å². The van der Waals surface area contributed by atoms with Gasteiger partial charge in [0.15, 0.2) is 0 Å². The molecule has 0 amide bonds. The largest absolute Gasteiger partial charge is 0.478 e. The normalized spacial score (nSPS) is 14.1.